The fraction of sp³-hybridized carbons (Fsp3) is 0.375. The third-order valence-electron chi connectivity index (χ3n) is 3.35. The highest BCUT2D eigenvalue weighted by Gasteiger charge is 2.08. The maximum absolute atomic E-state index is 11.0. The molecule has 0 radical (unpaired) electrons. The molecule has 0 fully saturated rings. The number of nitrogens with two attached hydrogens (primary N) is 1. The van der Waals surface area contributed by atoms with Gasteiger partial charge >= 0.3 is 0 Å². The van der Waals surface area contributed by atoms with Crippen LogP contribution in [-0.4, -0.2) is 10.9 Å². The number of aromatic nitrogens is 1. The third-order valence-corrected chi connectivity index (χ3v) is 3.35. The Balaban J connectivity index is 2.52. The Morgan fingerprint density at radius 1 is 1.32 bits per heavy atom. The van der Waals surface area contributed by atoms with Crippen molar-refractivity contribution < 1.29 is 4.79 Å². The monoisotopic (exact) mass is 256 g/mol. The molecule has 0 aliphatic rings. The first-order valence-electron chi connectivity index (χ1n) is 6.66. The second kappa shape index (κ2) is 5.39. The van der Waals surface area contributed by atoms with Crippen molar-refractivity contribution in [3.8, 4) is 0 Å². The highest BCUT2D eigenvalue weighted by Crippen LogP contribution is 2.24. The SMILES string of the molecule is Cc1cc(CCC(N)=O)c2cc(C(C)C)ccc2n1. The molecule has 2 rings (SSSR count). The van der Waals surface area contributed by atoms with Crippen molar-refractivity contribution in [2.24, 2.45) is 5.73 Å². The van der Waals surface area contributed by atoms with Crippen LogP contribution in [0.5, 0.6) is 0 Å². The van der Waals surface area contributed by atoms with E-state index >= 15 is 0 Å². The van der Waals surface area contributed by atoms with Crippen LogP contribution in [0.15, 0.2) is 24.3 Å². The summed E-state index contributed by atoms with van der Waals surface area (Å²) in [4.78, 5) is 15.5. The zero-order valence-corrected chi connectivity index (χ0v) is 11.7. The molecule has 0 atom stereocenters. The number of hydrogen-bond donors (Lipinski definition) is 1. The number of carbonyl (C=O) groups excluding carboxylic acids is 1. The van der Waals surface area contributed by atoms with Gasteiger partial charge in [-0.3, -0.25) is 9.78 Å². The van der Waals surface area contributed by atoms with Crippen molar-refractivity contribution in [2.45, 2.75) is 39.5 Å². The first kappa shape index (κ1) is 13.5. The molecule has 19 heavy (non-hydrogen) atoms. The van der Waals surface area contributed by atoms with Gasteiger partial charge in [-0.1, -0.05) is 19.9 Å². The van der Waals surface area contributed by atoms with E-state index in [1.807, 2.05) is 6.92 Å². The van der Waals surface area contributed by atoms with E-state index in [0.29, 0.717) is 18.8 Å². The second-order valence-corrected chi connectivity index (χ2v) is 5.32. The molecular weight excluding hydrogens is 236 g/mol. The molecule has 2 aromatic rings. The first-order valence-corrected chi connectivity index (χ1v) is 6.66. The van der Waals surface area contributed by atoms with Crippen LogP contribution in [0.25, 0.3) is 10.9 Å². The highest BCUT2D eigenvalue weighted by atomic mass is 16.1. The number of amides is 1. The lowest BCUT2D eigenvalue weighted by Gasteiger charge is -2.11. The Morgan fingerprint density at radius 3 is 2.68 bits per heavy atom. The highest BCUT2D eigenvalue weighted by molar-refractivity contribution is 5.84. The van der Waals surface area contributed by atoms with Crippen molar-refractivity contribution in [1.29, 1.82) is 0 Å². The molecule has 0 spiro atoms. The molecule has 0 aliphatic carbocycles. The van der Waals surface area contributed by atoms with Gasteiger partial charge in [0.05, 0.1) is 5.52 Å². The van der Waals surface area contributed by atoms with Gasteiger partial charge in [0.25, 0.3) is 0 Å². The van der Waals surface area contributed by atoms with E-state index in [1.165, 1.54) is 5.56 Å². The van der Waals surface area contributed by atoms with Gasteiger partial charge in [-0.15, -0.1) is 0 Å². The Morgan fingerprint density at radius 2 is 2.05 bits per heavy atom. The first-order chi connectivity index (χ1) is 8.97. The molecule has 0 saturated carbocycles. The normalized spacial score (nSPS) is 11.2. The Hall–Kier alpha value is -1.90. The number of hydrogen-bond acceptors (Lipinski definition) is 2. The lowest BCUT2D eigenvalue weighted by Crippen LogP contribution is -2.11. The molecular formula is C16H20N2O. The quantitative estimate of drug-likeness (QED) is 0.914. The van der Waals surface area contributed by atoms with E-state index in [1.54, 1.807) is 0 Å². The van der Waals surface area contributed by atoms with Crippen LogP contribution in [0.2, 0.25) is 0 Å². The van der Waals surface area contributed by atoms with Gasteiger partial charge in [0.2, 0.25) is 5.91 Å². The van der Waals surface area contributed by atoms with Crippen LogP contribution in [-0.2, 0) is 11.2 Å². The fourth-order valence-corrected chi connectivity index (χ4v) is 2.28. The van der Waals surface area contributed by atoms with Gasteiger partial charge in [0.1, 0.15) is 0 Å². The fourth-order valence-electron chi connectivity index (χ4n) is 2.28. The van der Waals surface area contributed by atoms with E-state index in [-0.39, 0.29) is 5.91 Å². The molecule has 0 aliphatic heterocycles. The molecule has 1 amide bonds. The van der Waals surface area contributed by atoms with Gasteiger partial charge in [-0.25, -0.2) is 0 Å². The van der Waals surface area contributed by atoms with Crippen LogP contribution in [0.1, 0.15) is 43.0 Å². The number of rotatable bonds is 4. The molecule has 1 aromatic heterocycles. The number of nitrogens with zero attached hydrogens (tertiary/aromatic N) is 1. The average Bonchev–Trinajstić information content (AvgIpc) is 2.35. The number of pyridine rings is 1. The zero-order valence-electron chi connectivity index (χ0n) is 11.7. The summed E-state index contributed by atoms with van der Waals surface area (Å²) < 4.78 is 0. The maximum atomic E-state index is 11.0. The molecule has 1 heterocycles. The Bertz CT molecular complexity index is 617. The predicted molar refractivity (Wildman–Crippen MR) is 78.1 cm³/mol. The third kappa shape index (κ3) is 3.11. The molecule has 0 saturated heterocycles. The topological polar surface area (TPSA) is 56.0 Å². The molecule has 0 unspecified atom stereocenters. The van der Waals surface area contributed by atoms with Gasteiger partial charge in [-0.05, 0) is 48.6 Å². The van der Waals surface area contributed by atoms with Crippen LogP contribution >= 0.6 is 0 Å². The van der Waals surface area contributed by atoms with Crippen LogP contribution in [0.4, 0.5) is 0 Å². The number of fused-ring (bicyclic) bond motifs is 1. The van der Waals surface area contributed by atoms with E-state index in [9.17, 15) is 4.79 Å². The van der Waals surface area contributed by atoms with Gasteiger partial charge in [0.15, 0.2) is 0 Å². The summed E-state index contributed by atoms with van der Waals surface area (Å²) >= 11 is 0. The van der Waals surface area contributed by atoms with Crippen LogP contribution < -0.4 is 5.73 Å². The number of primary amides is 1. The minimum Gasteiger partial charge on any atom is -0.370 e. The Labute approximate surface area is 113 Å². The molecule has 3 nitrogen and oxygen atoms in total. The summed E-state index contributed by atoms with van der Waals surface area (Å²) in [7, 11) is 0. The largest absolute Gasteiger partial charge is 0.370 e. The van der Waals surface area contributed by atoms with Crippen molar-refractivity contribution in [2.75, 3.05) is 0 Å². The molecule has 100 valence electrons. The van der Waals surface area contributed by atoms with Crippen LogP contribution in [0, 0.1) is 6.92 Å². The lowest BCUT2D eigenvalue weighted by molar-refractivity contribution is -0.117. The lowest BCUT2D eigenvalue weighted by atomic mass is 9.97. The smallest absolute Gasteiger partial charge is 0.217 e. The zero-order chi connectivity index (χ0) is 14.0. The predicted octanol–water partition coefficient (Wildman–Crippen LogP) is 3.08. The number of carbonyl (C=O) groups is 1. The summed E-state index contributed by atoms with van der Waals surface area (Å²) in [6, 6.07) is 8.42. The maximum Gasteiger partial charge on any atom is 0.217 e. The number of aryl methyl sites for hydroxylation is 2. The van der Waals surface area contributed by atoms with Crippen molar-refractivity contribution >= 4 is 16.8 Å². The van der Waals surface area contributed by atoms with Gasteiger partial charge < -0.3 is 5.73 Å². The van der Waals surface area contributed by atoms with Gasteiger partial charge in [0, 0.05) is 17.5 Å². The molecule has 2 N–H and O–H groups in total. The second-order valence-electron chi connectivity index (χ2n) is 5.32. The van der Waals surface area contributed by atoms with Gasteiger partial charge in [-0.2, -0.15) is 0 Å². The number of benzene rings is 1. The van der Waals surface area contributed by atoms with E-state index < -0.39 is 0 Å². The minimum atomic E-state index is -0.261. The summed E-state index contributed by atoms with van der Waals surface area (Å²) in [6.07, 6.45) is 1.06. The molecule has 3 heteroatoms. The molecule has 1 aromatic carbocycles. The van der Waals surface area contributed by atoms with E-state index in [4.69, 9.17) is 5.73 Å². The van der Waals surface area contributed by atoms with E-state index in [2.05, 4.69) is 43.1 Å². The van der Waals surface area contributed by atoms with Crippen molar-refractivity contribution in [3.63, 3.8) is 0 Å². The average molecular weight is 256 g/mol. The summed E-state index contributed by atoms with van der Waals surface area (Å²) in [6.45, 7) is 6.32. The summed E-state index contributed by atoms with van der Waals surface area (Å²) in [5, 5.41) is 1.14. The Kier molecular flexibility index (Phi) is 3.84. The summed E-state index contributed by atoms with van der Waals surface area (Å²) in [5.74, 6) is 0.220. The minimum absolute atomic E-state index is 0.261. The van der Waals surface area contributed by atoms with Crippen LogP contribution in [0.3, 0.4) is 0 Å². The van der Waals surface area contributed by atoms with E-state index in [0.717, 1.165) is 22.2 Å². The van der Waals surface area contributed by atoms with Crippen molar-refractivity contribution in [3.05, 3.63) is 41.1 Å². The van der Waals surface area contributed by atoms with Crippen molar-refractivity contribution in [1.82, 2.24) is 4.98 Å². The molecule has 0 bridgehead atoms. The summed E-state index contributed by atoms with van der Waals surface area (Å²) in [5.41, 5.74) is 9.66. The standard InChI is InChI=1S/C16H20N2O/c1-10(2)12-4-6-15-14(9-12)13(5-7-16(17)19)8-11(3)18-15/h4,6,8-10H,5,7H2,1-3H3,(H2,17,19).